The minimum Gasteiger partial charge on any atom is -0.467 e. The maximum Gasteiger partial charge on any atom is 0.335 e. The molecule has 0 aliphatic carbocycles. The van der Waals surface area contributed by atoms with Gasteiger partial charge in [-0.2, -0.15) is 0 Å². The Morgan fingerprint density at radius 1 is 1.41 bits per heavy atom. The van der Waals surface area contributed by atoms with Gasteiger partial charge >= 0.3 is 5.97 Å². The van der Waals surface area contributed by atoms with Crippen LogP contribution in [0.2, 0.25) is 0 Å². The summed E-state index contributed by atoms with van der Waals surface area (Å²) in [6, 6.07) is 9.71. The first-order valence-electron chi connectivity index (χ1n) is 5.55. The molecule has 3 nitrogen and oxygen atoms in total. The third-order valence-electron chi connectivity index (χ3n) is 2.56. The van der Waals surface area contributed by atoms with Crippen molar-refractivity contribution in [2.75, 3.05) is 7.11 Å². The lowest BCUT2D eigenvalue weighted by molar-refractivity contribution is -0.157. The number of carbonyl (C=O) groups is 1. The van der Waals surface area contributed by atoms with Crippen molar-refractivity contribution in [3.8, 4) is 0 Å². The zero-order chi connectivity index (χ0) is 12.7. The third kappa shape index (κ3) is 4.04. The van der Waals surface area contributed by atoms with Crippen LogP contribution in [-0.4, -0.2) is 19.2 Å². The highest BCUT2D eigenvalue weighted by Gasteiger charge is 2.24. The lowest BCUT2D eigenvalue weighted by Crippen LogP contribution is -2.31. The van der Waals surface area contributed by atoms with Crippen LogP contribution in [0.5, 0.6) is 0 Å². The molecule has 0 amide bonds. The summed E-state index contributed by atoms with van der Waals surface area (Å²) in [4.78, 5) is 11.5. The molecule has 3 heteroatoms. The van der Waals surface area contributed by atoms with Crippen molar-refractivity contribution in [3.05, 3.63) is 48.6 Å². The number of benzene rings is 1. The van der Waals surface area contributed by atoms with Gasteiger partial charge in [-0.3, -0.25) is 0 Å². The zero-order valence-corrected chi connectivity index (χ0v) is 10.3. The number of hydrogen-bond acceptors (Lipinski definition) is 3. The van der Waals surface area contributed by atoms with Crippen LogP contribution in [0, 0.1) is 5.92 Å². The molecule has 2 atom stereocenters. The molecule has 0 unspecified atom stereocenters. The first-order chi connectivity index (χ1) is 8.19. The molecule has 0 aromatic heterocycles. The molecular formula is C14H18O3. The minimum atomic E-state index is -0.599. The maximum atomic E-state index is 11.5. The van der Waals surface area contributed by atoms with Crippen molar-refractivity contribution in [1.29, 1.82) is 0 Å². The second-order valence-electron chi connectivity index (χ2n) is 3.84. The maximum absolute atomic E-state index is 11.5. The Morgan fingerprint density at radius 2 is 2.06 bits per heavy atom. The normalized spacial score (nSPS) is 13.8. The van der Waals surface area contributed by atoms with E-state index >= 15 is 0 Å². The van der Waals surface area contributed by atoms with Crippen LogP contribution < -0.4 is 0 Å². The molecule has 92 valence electrons. The Balaban J connectivity index is 2.61. The van der Waals surface area contributed by atoms with Gasteiger partial charge in [0.1, 0.15) is 0 Å². The summed E-state index contributed by atoms with van der Waals surface area (Å²) < 4.78 is 10.3. The van der Waals surface area contributed by atoms with E-state index in [1.165, 1.54) is 7.11 Å². The highest BCUT2D eigenvalue weighted by atomic mass is 16.6. The third-order valence-corrected chi connectivity index (χ3v) is 2.56. The molecule has 1 aromatic carbocycles. The van der Waals surface area contributed by atoms with Gasteiger partial charge in [0.05, 0.1) is 13.7 Å². The molecule has 0 bridgehead atoms. The molecule has 0 radical (unpaired) electrons. The topological polar surface area (TPSA) is 35.5 Å². The fourth-order valence-corrected chi connectivity index (χ4v) is 1.43. The number of hydrogen-bond donors (Lipinski definition) is 0. The smallest absolute Gasteiger partial charge is 0.335 e. The van der Waals surface area contributed by atoms with Crippen molar-refractivity contribution in [2.24, 2.45) is 5.92 Å². The van der Waals surface area contributed by atoms with E-state index in [1.807, 2.05) is 37.3 Å². The Bertz CT molecular complexity index is 359. The van der Waals surface area contributed by atoms with Crippen LogP contribution >= 0.6 is 0 Å². The van der Waals surface area contributed by atoms with Gasteiger partial charge in [0, 0.05) is 5.92 Å². The van der Waals surface area contributed by atoms with E-state index in [2.05, 4.69) is 6.58 Å². The molecule has 0 N–H and O–H groups in total. The average molecular weight is 234 g/mol. The second kappa shape index (κ2) is 6.86. The van der Waals surface area contributed by atoms with Crippen molar-refractivity contribution in [1.82, 2.24) is 0 Å². The van der Waals surface area contributed by atoms with Gasteiger partial charge in [0.2, 0.25) is 0 Å². The van der Waals surface area contributed by atoms with Gasteiger partial charge in [-0.05, 0) is 5.56 Å². The van der Waals surface area contributed by atoms with E-state index in [0.29, 0.717) is 6.61 Å². The lowest BCUT2D eigenvalue weighted by Gasteiger charge is -2.19. The Kier molecular flexibility index (Phi) is 5.43. The minimum absolute atomic E-state index is 0.0776. The van der Waals surface area contributed by atoms with Gasteiger partial charge in [-0.25, -0.2) is 4.79 Å². The molecule has 1 aromatic rings. The molecule has 0 saturated heterocycles. The zero-order valence-electron chi connectivity index (χ0n) is 10.3. The fourth-order valence-electron chi connectivity index (χ4n) is 1.43. The van der Waals surface area contributed by atoms with Gasteiger partial charge in [0.25, 0.3) is 0 Å². The molecule has 0 saturated carbocycles. The van der Waals surface area contributed by atoms with Gasteiger partial charge in [-0.15, -0.1) is 6.58 Å². The van der Waals surface area contributed by atoms with Gasteiger partial charge in [-0.1, -0.05) is 43.3 Å². The molecular weight excluding hydrogens is 216 g/mol. The first-order valence-corrected chi connectivity index (χ1v) is 5.55. The predicted octanol–water partition coefficient (Wildman–Crippen LogP) is 2.57. The summed E-state index contributed by atoms with van der Waals surface area (Å²) in [6.45, 7) is 5.93. The monoisotopic (exact) mass is 234 g/mol. The highest BCUT2D eigenvalue weighted by Crippen LogP contribution is 2.13. The predicted molar refractivity (Wildman–Crippen MR) is 66.4 cm³/mol. The Hall–Kier alpha value is -1.61. The lowest BCUT2D eigenvalue weighted by atomic mass is 10.1. The number of carbonyl (C=O) groups excluding carboxylic acids is 1. The number of ether oxygens (including phenoxy) is 2. The largest absolute Gasteiger partial charge is 0.467 e. The summed E-state index contributed by atoms with van der Waals surface area (Å²) in [5, 5.41) is 0. The van der Waals surface area contributed by atoms with E-state index in [4.69, 9.17) is 9.47 Å². The van der Waals surface area contributed by atoms with Crippen molar-refractivity contribution in [3.63, 3.8) is 0 Å². The van der Waals surface area contributed by atoms with E-state index in [0.717, 1.165) is 5.56 Å². The fraction of sp³-hybridized carbons (Fsp3) is 0.357. The van der Waals surface area contributed by atoms with E-state index in [9.17, 15) is 4.79 Å². The molecule has 0 aliphatic heterocycles. The van der Waals surface area contributed by atoms with Crippen LogP contribution in [0.15, 0.2) is 43.0 Å². The quantitative estimate of drug-likeness (QED) is 0.560. The number of methoxy groups -OCH3 is 1. The summed E-state index contributed by atoms with van der Waals surface area (Å²) in [5.41, 5.74) is 1.03. The van der Waals surface area contributed by atoms with Crippen LogP contribution in [0.4, 0.5) is 0 Å². The number of rotatable bonds is 6. The van der Waals surface area contributed by atoms with E-state index in [-0.39, 0.29) is 11.9 Å². The van der Waals surface area contributed by atoms with Crippen molar-refractivity contribution in [2.45, 2.75) is 19.6 Å². The van der Waals surface area contributed by atoms with Crippen LogP contribution in [0.1, 0.15) is 12.5 Å². The second-order valence-corrected chi connectivity index (χ2v) is 3.84. The Labute approximate surface area is 102 Å². The Morgan fingerprint density at radius 3 is 2.59 bits per heavy atom. The summed E-state index contributed by atoms with van der Waals surface area (Å²) in [5.74, 6) is -0.445. The molecule has 0 heterocycles. The van der Waals surface area contributed by atoms with Crippen molar-refractivity contribution >= 4 is 5.97 Å². The van der Waals surface area contributed by atoms with E-state index in [1.54, 1.807) is 6.08 Å². The molecule has 17 heavy (non-hydrogen) atoms. The SMILES string of the molecule is C=C[C@H](C)[C@@H](OCc1ccccc1)C(=O)OC. The summed E-state index contributed by atoms with van der Waals surface area (Å²) >= 11 is 0. The van der Waals surface area contributed by atoms with Crippen LogP contribution in [0.3, 0.4) is 0 Å². The standard InChI is InChI=1S/C14H18O3/c1-4-11(2)13(14(15)16-3)17-10-12-8-6-5-7-9-12/h4-9,11,13H,1,10H2,2-3H3/t11-,13+/m0/s1. The molecule has 1 rings (SSSR count). The molecule has 0 aliphatic rings. The number of esters is 1. The summed E-state index contributed by atoms with van der Waals surface area (Å²) in [6.07, 6.45) is 1.09. The van der Waals surface area contributed by atoms with Crippen LogP contribution in [-0.2, 0) is 20.9 Å². The molecule has 0 fully saturated rings. The summed E-state index contributed by atoms with van der Waals surface area (Å²) in [7, 11) is 1.36. The van der Waals surface area contributed by atoms with E-state index < -0.39 is 6.10 Å². The highest BCUT2D eigenvalue weighted by molar-refractivity contribution is 5.75. The van der Waals surface area contributed by atoms with Gasteiger partial charge in [0.15, 0.2) is 6.10 Å². The van der Waals surface area contributed by atoms with Crippen molar-refractivity contribution < 1.29 is 14.3 Å². The first kappa shape index (κ1) is 13.5. The molecule has 0 spiro atoms. The van der Waals surface area contributed by atoms with Gasteiger partial charge < -0.3 is 9.47 Å². The van der Waals surface area contributed by atoms with Crippen LogP contribution in [0.25, 0.3) is 0 Å². The average Bonchev–Trinajstić information content (AvgIpc) is 2.39.